The van der Waals surface area contributed by atoms with E-state index in [0.29, 0.717) is 11.3 Å². The highest BCUT2D eigenvalue weighted by molar-refractivity contribution is 6.08. The van der Waals surface area contributed by atoms with Crippen LogP contribution in [-0.2, 0) is 0 Å². The zero-order valence-corrected chi connectivity index (χ0v) is 12.8. The molecule has 0 saturated carbocycles. The smallest absolute Gasteiger partial charge is 0.258 e. The summed E-state index contributed by atoms with van der Waals surface area (Å²) in [5.41, 5.74) is 2.85. The molecule has 24 heavy (non-hydrogen) atoms. The standard InChI is InChI=1S/C19H14N4O/c24-19(15-12-21-23(13-15)16-8-2-1-3-9-16)22-17-10-4-6-14-7-5-11-20-18(14)17/h1-13H,(H,22,24). The molecule has 5 nitrogen and oxygen atoms in total. The Morgan fingerprint density at radius 2 is 1.79 bits per heavy atom. The van der Waals surface area contributed by atoms with Crippen molar-refractivity contribution < 1.29 is 4.79 Å². The maximum atomic E-state index is 12.5. The van der Waals surface area contributed by atoms with Crippen LogP contribution < -0.4 is 5.32 Å². The first kappa shape index (κ1) is 14.1. The monoisotopic (exact) mass is 314 g/mol. The second-order valence-corrected chi connectivity index (χ2v) is 5.34. The predicted octanol–water partition coefficient (Wildman–Crippen LogP) is 3.67. The Bertz CT molecular complexity index is 1000. The SMILES string of the molecule is O=C(Nc1cccc2cccnc12)c1cnn(-c2ccccc2)c1. The maximum Gasteiger partial charge on any atom is 0.258 e. The second-order valence-electron chi connectivity index (χ2n) is 5.34. The molecule has 0 saturated heterocycles. The molecule has 0 unspecified atom stereocenters. The van der Waals surface area contributed by atoms with Gasteiger partial charge in [0.2, 0.25) is 0 Å². The van der Waals surface area contributed by atoms with Gasteiger partial charge in [-0.1, -0.05) is 36.4 Å². The molecular formula is C19H14N4O. The molecule has 2 aromatic heterocycles. The third-order valence-corrected chi connectivity index (χ3v) is 3.75. The quantitative estimate of drug-likeness (QED) is 0.627. The van der Waals surface area contributed by atoms with Crippen molar-refractivity contribution in [1.82, 2.24) is 14.8 Å². The van der Waals surface area contributed by atoms with Gasteiger partial charge < -0.3 is 5.32 Å². The lowest BCUT2D eigenvalue weighted by Gasteiger charge is -2.06. The van der Waals surface area contributed by atoms with Gasteiger partial charge in [0.1, 0.15) is 0 Å². The molecule has 1 N–H and O–H groups in total. The Labute approximate surface area is 138 Å². The fourth-order valence-electron chi connectivity index (χ4n) is 2.56. The number of nitrogens with zero attached hydrogens (tertiary/aromatic N) is 3. The number of rotatable bonds is 3. The Morgan fingerprint density at radius 1 is 0.958 bits per heavy atom. The minimum atomic E-state index is -0.213. The topological polar surface area (TPSA) is 59.8 Å². The number of para-hydroxylation sites is 2. The van der Waals surface area contributed by atoms with E-state index in [9.17, 15) is 4.79 Å². The van der Waals surface area contributed by atoms with Crippen LogP contribution in [0.5, 0.6) is 0 Å². The van der Waals surface area contributed by atoms with E-state index >= 15 is 0 Å². The molecule has 4 rings (SSSR count). The number of aromatic nitrogens is 3. The molecule has 0 atom stereocenters. The molecule has 5 heteroatoms. The summed E-state index contributed by atoms with van der Waals surface area (Å²) in [4.78, 5) is 16.9. The van der Waals surface area contributed by atoms with Crippen LogP contribution in [0.1, 0.15) is 10.4 Å². The molecule has 116 valence electrons. The molecule has 0 radical (unpaired) electrons. The molecule has 0 aliphatic rings. The van der Waals surface area contributed by atoms with Gasteiger partial charge in [-0.2, -0.15) is 5.10 Å². The molecular weight excluding hydrogens is 300 g/mol. The Hall–Kier alpha value is -3.47. The highest BCUT2D eigenvalue weighted by Crippen LogP contribution is 2.21. The van der Waals surface area contributed by atoms with Crippen molar-refractivity contribution in [3.63, 3.8) is 0 Å². The highest BCUT2D eigenvalue weighted by atomic mass is 16.1. The minimum Gasteiger partial charge on any atom is -0.320 e. The molecule has 1 amide bonds. The van der Waals surface area contributed by atoms with Crippen molar-refractivity contribution in [2.24, 2.45) is 0 Å². The van der Waals surface area contributed by atoms with Gasteiger partial charge in [-0.3, -0.25) is 9.78 Å². The van der Waals surface area contributed by atoms with Crippen LogP contribution in [0, 0.1) is 0 Å². The molecule has 2 aromatic carbocycles. The summed E-state index contributed by atoms with van der Waals surface area (Å²) < 4.78 is 1.68. The van der Waals surface area contributed by atoms with E-state index in [4.69, 9.17) is 0 Å². The van der Waals surface area contributed by atoms with E-state index in [0.717, 1.165) is 16.6 Å². The van der Waals surface area contributed by atoms with Crippen molar-refractivity contribution in [2.45, 2.75) is 0 Å². The van der Waals surface area contributed by atoms with E-state index in [1.54, 1.807) is 23.3 Å². The molecule has 0 fully saturated rings. The summed E-state index contributed by atoms with van der Waals surface area (Å²) in [7, 11) is 0. The van der Waals surface area contributed by atoms with Crippen molar-refractivity contribution in [2.75, 3.05) is 5.32 Å². The average molecular weight is 314 g/mol. The van der Waals surface area contributed by atoms with Crippen LogP contribution in [0.2, 0.25) is 0 Å². The van der Waals surface area contributed by atoms with Crippen LogP contribution in [0.4, 0.5) is 5.69 Å². The summed E-state index contributed by atoms with van der Waals surface area (Å²) in [6, 6.07) is 19.2. The molecule has 0 bridgehead atoms. The van der Waals surface area contributed by atoms with E-state index in [-0.39, 0.29) is 5.91 Å². The predicted molar refractivity (Wildman–Crippen MR) is 93.3 cm³/mol. The number of amides is 1. The van der Waals surface area contributed by atoms with Crippen molar-refractivity contribution in [3.8, 4) is 5.69 Å². The normalized spacial score (nSPS) is 10.7. The summed E-state index contributed by atoms with van der Waals surface area (Å²) in [6.45, 7) is 0. The molecule has 2 heterocycles. The number of hydrogen-bond acceptors (Lipinski definition) is 3. The van der Waals surface area contributed by atoms with Crippen molar-refractivity contribution in [3.05, 3.63) is 84.8 Å². The first-order valence-electron chi connectivity index (χ1n) is 7.56. The Kier molecular flexibility index (Phi) is 3.51. The first-order chi connectivity index (χ1) is 11.8. The zero-order chi connectivity index (χ0) is 16.4. The average Bonchev–Trinajstić information content (AvgIpc) is 3.13. The van der Waals surface area contributed by atoms with E-state index in [1.165, 1.54) is 0 Å². The number of benzene rings is 2. The Morgan fingerprint density at radius 3 is 2.67 bits per heavy atom. The fourth-order valence-corrected chi connectivity index (χ4v) is 2.56. The highest BCUT2D eigenvalue weighted by Gasteiger charge is 2.11. The number of carbonyl (C=O) groups is 1. The number of hydrogen-bond donors (Lipinski definition) is 1. The number of anilines is 1. The van der Waals surface area contributed by atoms with E-state index < -0.39 is 0 Å². The van der Waals surface area contributed by atoms with Gasteiger partial charge in [0.05, 0.1) is 28.7 Å². The fraction of sp³-hybridized carbons (Fsp3) is 0. The summed E-state index contributed by atoms with van der Waals surface area (Å²) in [6.07, 6.45) is 4.98. The first-order valence-corrected chi connectivity index (χ1v) is 7.56. The third kappa shape index (κ3) is 2.63. The van der Waals surface area contributed by atoms with Gasteiger partial charge in [0.15, 0.2) is 0 Å². The summed E-state index contributed by atoms with van der Waals surface area (Å²) >= 11 is 0. The zero-order valence-electron chi connectivity index (χ0n) is 12.8. The van der Waals surface area contributed by atoms with Crippen LogP contribution in [0.3, 0.4) is 0 Å². The van der Waals surface area contributed by atoms with E-state index in [2.05, 4.69) is 15.4 Å². The van der Waals surface area contributed by atoms with Gasteiger partial charge in [0.25, 0.3) is 5.91 Å². The number of carbonyl (C=O) groups excluding carboxylic acids is 1. The number of pyridine rings is 1. The number of nitrogens with one attached hydrogen (secondary N) is 1. The van der Waals surface area contributed by atoms with Crippen molar-refractivity contribution in [1.29, 1.82) is 0 Å². The van der Waals surface area contributed by atoms with Crippen LogP contribution in [-0.4, -0.2) is 20.7 Å². The van der Waals surface area contributed by atoms with Gasteiger partial charge in [-0.05, 0) is 24.3 Å². The van der Waals surface area contributed by atoms with Crippen molar-refractivity contribution >= 4 is 22.5 Å². The van der Waals surface area contributed by atoms with Crippen LogP contribution in [0.25, 0.3) is 16.6 Å². The van der Waals surface area contributed by atoms with Gasteiger partial charge in [-0.25, -0.2) is 4.68 Å². The maximum absolute atomic E-state index is 12.5. The summed E-state index contributed by atoms with van der Waals surface area (Å²) in [5.74, 6) is -0.213. The lowest BCUT2D eigenvalue weighted by atomic mass is 10.2. The van der Waals surface area contributed by atoms with Crippen LogP contribution >= 0.6 is 0 Å². The molecule has 0 aliphatic carbocycles. The largest absolute Gasteiger partial charge is 0.320 e. The Balaban J connectivity index is 1.62. The van der Waals surface area contributed by atoms with Gasteiger partial charge in [0, 0.05) is 17.8 Å². The molecule has 0 spiro atoms. The minimum absolute atomic E-state index is 0.213. The molecule has 0 aliphatic heterocycles. The van der Waals surface area contributed by atoms with Gasteiger partial charge >= 0.3 is 0 Å². The van der Waals surface area contributed by atoms with E-state index in [1.807, 2.05) is 60.7 Å². The van der Waals surface area contributed by atoms with Crippen LogP contribution in [0.15, 0.2) is 79.3 Å². The molecule has 4 aromatic rings. The lowest BCUT2D eigenvalue weighted by molar-refractivity contribution is 0.102. The second kappa shape index (κ2) is 5.96. The summed E-state index contributed by atoms with van der Waals surface area (Å²) in [5, 5.41) is 8.14. The third-order valence-electron chi connectivity index (χ3n) is 3.75. The van der Waals surface area contributed by atoms with Gasteiger partial charge in [-0.15, -0.1) is 0 Å². The number of fused-ring (bicyclic) bond motifs is 1. The lowest BCUT2D eigenvalue weighted by Crippen LogP contribution is -2.11.